The van der Waals surface area contributed by atoms with Gasteiger partial charge in [-0.05, 0) is 49.2 Å². The number of hydrogen-bond acceptors (Lipinski definition) is 5. The number of fused-ring (bicyclic) bond motifs is 1. The van der Waals surface area contributed by atoms with Gasteiger partial charge in [0, 0.05) is 39.6 Å². The van der Waals surface area contributed by atoms with Crippen molar-refractivity contribution in [3.8, 4) is 0 Å². The van der Waals surface area contributed by atoms with Crippen LogP contribution in [0.4, 0.5) is 11.4 Å². The van der Waals surface area contributed by atoms with Gasteiger partial charge in [0.1, 0.15) is 0 Å². The molecule has 1 aliphatic carbocycles. The zero-order chi connectivity index (χ0) is 22.8. The number of anilines is 2. The molecule has 0 atom stereocenters. The van der Waals surface area contributed by atoms with Crippen LogP contribution in [0.3, 0.4) is 0 Å². The molecule has 6 nitrogen and oxygen atoms in total. The second kappa shape index (κ2) is 9.27. The summed E-state index contributed by atoms with van der Waals surface area (Å²) in [5.41, 5.74) is 7.89. The zero-order valence-electron chi connectivity index (χ0n) is 18.5. The smallest absolute Gasteiger partial charge is 0.275 e. The fourth-order valence-electron chi connectivity index (χ4n) is 4.62. The monoisotopic (exact) mass is 458 g/mol. The Morgan fingerprint density at radius 2 is 1.82 bits per heavy atom. The highest BCUT2D eigenvalue weighted by atomic mass is 32.2. The molecule has 2 aliphatic heterocycles. The summed E-state index contributed by atoms with van der Waals surface area (Å²) in [6.45, 7) is 1.50. The molecule has 2 amide bonds. The lowest BCUT2D eigenvalue weighted by Gasteiger charge is -2.25. The molecule has 1 fully saturated rings. The Bertz CT molecular complexity index is 1190. The van der Waals surface area contributed by atoms with E-state index >= 15 is 0 Å². The molecular weight excluding hydrogens is 432 g/mol. The second-order valence-electron chi connectivity index (χ2n) is 8.55. The Balaban J connectivity index is 1.50. The van der Waals surface area contributed by atoms with Crippen LogP contribution < -0.4 is 16.1 Å². The van der Waals surface area contributed by atoms with Gasteiger partial charge in [0.2, 0.25) is 5.91 Å². The van der Waals surface area contributed by atoms with Gasteiger partial charge in [0.25, 0.3) is 5.91 Å². The number of para-hydroxylation sites is 1. The summed E-state index contributed by atoms with van der Waals surface area (Å²) in [5, 5.41) is 10.7. The molecule has 0 unspecified atom stereocenters. The van der Waals surface area contributed by atoms with Gasteiger partial charge in [-0.25, -0.2) is 5.43 Å². The fourth-order valence-corrected chi connectivity index (χ4v) is 5.61. The van der Waals surface area contributed by atoms with E-state index in [4.69, 9.17) is 0 Å². The molecule has 0 spiro atoms. The van der Waals surface area contributed by atoms with Crippen molar-refractivity contribution in [2.24, 2.45) is 11.0 Å². The van der Waals surface area contributed by atoms with E-state index in [0.717, 1.165) is 51.0 Å². The number of allylic oxidation sites excluding steroid dienone is 1. The standard InChI is InChI=1S/C26H26N4O2S/c1-16(31)27-18-11-13-19(14-12-18)33-23-15-22(28-21-10-6-5-9-20(21)23)24-25(29-30-26(24)32)17-7-3-2-4-8-17/h5-6,9-15,17,28H,2-4,7-8H2,1H3,(H,27,31)(H,30,32)/b24-22-. The van der Waals surface area contributed by atoms with Crippen LogP contribution in [-0.4, -0.2) is 17.5 Å². The van der Waals surface area contributed by atoms with E-state index in [2.05, 4.69) is 33.3 Å². The molecule has 7 heteroatoms. The van der Waals surface area contributed by atoms with Crippen molar-refractivity contribution >= 4 is 45.6 Å². The zero-order valence-corrected chi connectivity index (χ0v) is 19.3. The molecule has 0 radical (unpaired) electrons. The van der Waals surface area contributed by atoms with Gasteiger partial charge in [-0.1, -0.05) is 49.2 Å². The summed E-state index contributed by atoms with van der Waals surface area (Å²) in [6, 6.07) is 15.9. The van der Waals surface area contributed by atoms with Crippen LogP contribution in [0.5, 0.6) is 0 Å². The van der Waals surface area contributed by atoms with Crippen LogP contribution in [0.25, 0.3) is 4.91 Å². The SMILES string of the molecule is CC(=O)Nc1ccc(SC2=C/C(=C3/C(=O)NN=C3C3CCCCC3)Nc3ccccc32)cc1. The van der Waals surface area contributed by atoms with Crippen LogP contribution in [0.15, 0.2) is 75.9 Å². The number of nitrogens with one attached hydrogen (secondary N) is 3. The van der Waals surface area contributed by atoms with E-state index in [1.54, 1.807) is 11.8 Å². The molecule has 5 rings (SSSR count). The average Bonchev–Trinajstić information content (AvgIpc) is 3.22. The van der Waals surface area contributed by atoms with E-state index in [-0.39, 0.29) is 11.8 Å². The third-order valence-corrected chi connectivity index (χ3v) is 7.23. The van der Waals surface area contributed by atoms with E-state index in [1.165, 1.54) is 26.2 Å². The largest absolute Gasteiger partial charge is 0.354 e. The molecule has 0 aromatic heterocycles. The Morgan fingerprint density at radius 3 is 2.58 bits per heavy atom. The van der Waals surface area contributed by atoms with Crippen LogP contribution in [0, 0.1) is 5.92 Å². The average molecular weight is 459 g/mol. The Hall–Kier alpha value is -3.32. The van der Waals surface area contributed by atoms with Gasteiger partial charge >= 0.3 is 0 Å². The van der Waals surface area contributed by atoms with E-state index < -0.39 is 0 Å². The Morgan fingerprint density at radius 1 is 1.06 bits per heavy atom. The Kier molecular flexibility index (Phi) is 6.05. The molecule has 3 N–H and O–H groups in total. The fraction of sp³-hybridized carbons (Fsp3) is 0.269. The maximum absolute atomic E-state index is 12.8. The first kappa shape index (κ1) is 21.5. The van der Waals surface area contributed by atoms with Gasteiger partial charge in [-0.3, -0.25) is 9.59 Å². The predicted molar refractivity (Wildman–Crippen MR) is 134 cm³/mol. The number of hydrogen-bond donors (Lipinski definition) is 3. The maximum atomic E-state index is 12.8. The second-order valence-corrected chi connectivity index (χ2v) is 9.66. The van der Waals surface area contributed by atoms with Crippen molar-refractivity contribution in [2.45, 2.75) is 43.9 Å². The van der Waals surface area contributed by atoms with Crippen LogP contribution in [-0.2, 0) is 9.59 Å². The number of hydrazone groups is 1. The minimum absolute atomic E-state index is 0.0908. The van der Waals surface area contributed by atoms with E-state index in [0.29, 0.717) is 11.5 Å². The molecule has 0 saturated heterocycles. The molecule has 2 heterocycles. The number of thioether (sulfide) groups is 1. The molecule has 2 aromatic carbocycles. The third-order valence-electron chi connectivity index (χ3n) is 6.16. The lowest BCUT2D eigenvalue weighted by atomic mass is 9.82. The van der Waals surface area contributed by atoms with Crippen molar-refractivity contribution < 1.29 is 9.59 Å². The van der Waals surface area contributed by atoms with Gasteiger partial charge in [-0.2, -0.15) is 5.10 Å². The van der Waals surface area contributed by atoms with Crippen molar-refractivity contribution in [3.63, 3.8) is 0 Å². The van der Waals surface area contributed by atoms with Crippen LogP contribution >= 0.6 is 11.8 Å². The number of carbonyl (C=O) groups is 2. The van der Waals surface area contributed by atoms with Crippen molar-refractivity contribution in [1.82, 2.24) is 5.43 Å². The molecule has 168 valence electrons. The number of rotatable bonds is 4. The minimum Gasteiger partial charge on any atom is -0.354 e. The van der Waals surface area contributed by atoms with E-state index in [1.807, 2.05) is 42.5 Å². The summed E-state index contributed by atoms with van der Waals surface area (Å²) in [6.07, 6.45) is 7.84. The summed E-state index contributed by atoms with van der Waals surface area (Å²) in [7, 11) is 0. The van der Waals surface area contributed by atoms with Crippen molar-refractivity contribution in [1.29, 1.82) is 0 Å². The van der Waals surface area contributed by atoms with Gasteiger partial charge in [-0.15, -0.1) is 0 Å². The van der Waals surface area contributed by atoms with E-state index in [9.17, 15) is 9.59 Å². The third kappa shape index (κ3) is 4.59. The highest BCUT2D eigenvalue weighted by Gasteiger charge is 2.33. The first-order valence-electron chi connectivity index (χ1n) is 11.3. The normalized spacial score (nSPS) is 20.3. The van der Waals surface area contributed by atoms with Gasteiger partial charge in [0.15, 0.2) is 0 Å². The quantitative estimate of drug-likeness (QED) is 0.527. The predicted octanol–water partition coefficient (Wildman–Crippen LogP) is 5.52. The lowest BCUT2D eigenvalue weighted by molar-refractivity contribution is -0.116. The number of nitrogens with zero attached hydrogens (tertiary/aromatic N) is 1. The van der Waals surface area contributed by atoms with Gasteiger partial charge < -0.3 is 10.6 Å². The molecule has 1 saturated carbocycles. The number of carbonyl (C=O) groups excluding carboxylic acids is 2. The maximum Gasteiger partial charge on any atom is 0.275 e. The Labute approximate surface area is 197 Å². The molecule has 0 bridgehead atoms. The van der Waals surface area contributed by atoms with Crippen molar-refractivity contribution in [2.75, 3.05) is 10.6 Å². The lowest BCUT2D eigenvalue weighted by Crippen LogP contribution is -2.24. The summed E-state index contributed by atoms with van der Waals surface area (Å²) in [4.78, 5) is 26.2. The molecule has 2 aromatic rings. The number of benzene rings is 2. The first-order chi connectivity index (χ1) is 16.1. The topological polar surface area (TPSA) is 82.6 Å². The van der Waals surface area contributed by atoms with Crippen LogP contribution in [0.2, 0.25) is 0 Å². The molecule has 33 heavy (non-hydrogen) atoms. The van der Waals surface area contributed by atoms with Crippen molar-refractivity contribution in [3.05, 3.63) is 71.4 Å². The first-order valence-corrected chi connectivity index (χ1v) is 12.2. The van der Waals surface area contributed by atoms with Crippen LogP contribution in [0.1, 0.15) is 44.6 Å². The number of amides is 2. The highest BCUT2D eigenvalue weighted by Crippen LogP contribution is 2.43. The van der Waals surface area contributed by atoms with Gasteiger partial charge in [0.05, 0.1) is 17.0 Å². The molecule has 3 aliphatic rings. The molecular formula is C26H26N4O2S. The summed E-state index contributed by atoms with van der Waals surface area (Å²) >= 11 is 1.64. The minimum atomic E-state index is -0.141. The summed E-state index contributed by atoms with van der Waals surface area (Å²) in [5.74, 6) is 0.0923. The summed E-state index contributed by atoms with van der Waals surface area (Å²) < 4.78 is 0. The highest BCUT2D eigenvalue weighted by molar-refractivity contribution is 8.08.